The molecule has 0 saturated carbocycles. The fraction of sp³-hybridized carbons (Fsp3) is 0.429. The van der Waals surface area contributed by atoms with Gasteiger partial charge in [-0.25, -0.2) is 0 Å². The van der Waals surface area contributed by atoms with Gasteiger partial charge in [0.15, 0.2) is 0 Å². The van der Waals surface area contributed by atoms with Crippen molar-refractivity contribution in [3.63, 3.8) is 0 Å². The van der Waals surface area contributed by atoms with Crippen molar-refractivity contribution in [3.8, 4) is 0 Å². The van der Waals surface area contributed by atoms with Gasteiger partial charge in [-0.3, -0.25) is 0 Å². The molecule has 2 aliphatic heterocycles. The van der Waals surface area contributed by atoms with Crippen LogP contribution in [-0.2, 0) is 30.9 Å². The van der Waals surface area contributed by atoms with Gasteiger partial charge in [0.25, 0.3) is 0 Å². The fourth-order valence-electron chi connectivity index (χ4n) is 3.26. The summed E-state index contributed by atoms with van der Waals surface area (Å²) in [4.78, 5) is 0. The lowest BCUT2D eigenvalue weighted by Crippen LogP contribution is -2.25. The second-order valence-corrected chi connectivity index (χ2v) is 5.45. The van der Waals surface area contributed by atoms with Crippen LogP contribution in [0.25, 0.3) is 10.9 Å². The zero-order valence-electron chi connectivity index (χ0n) is 10.5. The molecule has 0 spiro atoms. The lowest BCUT2D eigenvalue weighted by molar-refractivity contribution is 0.119. The summed E-state index contributed by atoms with van der Waals surface area (Å²) >= 11 is 6.25. The lowest BCUT2D eigenvalue weighted by atomic mass is 10.0. The van der Waals surface area contributed by atoms with Gasteiger partial charge in [0, 0.05) is 47.7 Å². The highest BCUT2D eigenvalue weighted by molar-refractivity contribution is 6.31. The standard InChI is InChI=1S/C14H15ClN2O.ClH/c15-10-5-9-8-18-4-3-17-13-1-2-16-7-12(13)11(6-10)14(9)17;/h5-6,16H,1-4,7-8H2;1H. The van der Waals surface area contributed by atoms with E-state index in [2.05, 4.69) is 16.0 Å². The second kappa shape index (κ2) is 4.98. The Morgan fingerprint density at radius 3 is 3.11 bits per heavy atom. The van der Waals surface area contributed by atoms with E-state index in [1.165, 1.54) is 27.7 Å². The molecular formula is C14H16Cl2N2O. The molecule has 1 N–H and O–H groups in total. The number of rotatable bonds is 0. The van der Waals surface area contributed by atoms with Crippen molar-refractivity contribution in [1.29, 1.82) is 0 Å². The van der Waals surface area contributed by atoms with Crippen LogP contribution in [0.15, 0.2) is 12.1 Å². The second-order valence-electron chi connectivity index (χ2n) is 5.02. The van der Waals surface area contributed by atoms with Gasteiger partial charge in [0.05, 0.1) is 18.7 Å². The maximum absolute atomic E-state index is 6.25. The molecule has 1 aromatic carbocycles. The topological polar surface area (TPSA) is 26.2 Å². The summed E-state index contributed by atoms with van der Waals surface area (Å²) in [6, 6.07) is 4.15. The Hall–Kier alpha value is -0.740. The molecule has 2 aromatic rings. The molecule has 3 nitrogen and oxygen atoms in total. The van der Waals surface area contributed by atoms with E-state index < -0.39 is 0 Å². The number of fused-ring (bicyclic) bond motifs is 3. The molecule has 5 heteroatoms. The molecule has 3 heterocycles. The number of hydrogen-bond acceptors (Lipinski definition) is 2. The van der Waals surface area contributed by atoms with Crippen molar-refractivity contribution < 1.29 is 4.74 Å². The van der Waals surface area contributed by atoms with Crippen LogP contribution in [0.3, 0.4) is 0 Å². The van der Waals surface area contributed by atoms with Crippen LogP contribution < -0.4 is 5.32 Å². The summed E-state index contributed by atoms with van der Waals surface area (Å²) in [7, 11) is 0. The molecule has 0 atom stereocenters. The van der Waals surface area contributed by atoms with Gasteiger partial charge in [0.1, 0.15) is 0 Å². The Balaban J connectivity index is 0.00000110. The molecule has 4 rings (SSSR count). The summed E-state index contributed by atoms with van der Waals surface area (Å²) in [6.07, 6.45) is 1.10. The number of ether oxygens (including phenoxy) is 1. The van der Waals surface area contributed by atoms with Gasteiger partial charge in [-0.05, 0) is 17.7 Å². The van der Waals surface area contributed by atoms with Crippen LogP contribution in [0.4, 0.5) is 0 Å². The Bertz CT molecular complexity index is 636. The summed E-state index contributed by atoms with van der Waals surface area (Å²) in [5.41, 5.74) is 5.47. The van der Waals surface area contributed by atoms with E-state index in [4.69, 9.17) is 16.3 Å². The Morgan fingerprint density at radius 2 is 2.21 bits per heavy atom. The highest BCUT2D eigenvalue weighted by Crippen LogP contribution is 2.34. The molecule has 0 aliphatic carbocycles. The van der Waals surface area contributed by atoms with E-state index in [1.54, 1.807) is 0 Å². The first-order valence-electron chi connectivity index (χ1n) is 6.45. The fourth-order valence-corrected chi connectivity index (χ4v) is 3.50. The molecule has 0 fully saturated rings. The van der Waals surface area contributed by atoms with Crippen LogP contribution in [-0.4, -0.2) is 17.7 Å². The molecule has 0 saturated heterocycles. The minimum Gasteiger partial charge on any atom is -0.375 e. The smallest absolute Gasteiger partial charge is 0.0738 e. The average Bonchev–Trinajstić information content (AvgIpc) is 2.55. The van der Waals surface area contributed by atoms with Gasteiger partial charge < -0.3 is 14.6 Å². The van der Waals surface area contributed by atoms with Crippen molar-refractivity contribution in [2.75, 3.05) is 13.2 Å². The number of hydrogen-bond donors (Lipinski definition) is 1. The minimum atomic E-state index is 0. The van der Waals surface area contributed by atoms with Gasteiger partial charge in [-0.15, -0.1) is 12.4 Å². The molecule has 0 radical (unpaired) electrons. The largest absolute Gasteiger partial charge is 0.375 e. The van der Waals surface area contributed by atoms with Crippen molar-refractivity contribution in [2.24, 2.45) is 0 Å². The van der Waals surface area contributed by atoms with Crippen LogP contribution in [0.2, 0.25) is 5.02 Å². The third-order valence-electron chi connectivity index (χ3n) is 3.98. The van der Waals surface area contributed by atoms with Crippen molar-refractivity contribution in [1.82, 2.24) is 9.88 Å². The van der Waals surface area contributed by atoms with Crippen LogP contribution in [0.1, 0.15) is 16.8 Å². The molecule has 2 aliphatic rings. The molecular weight excluding hydrogens is 283 g/mol. The summed E-state index contributed by atoms with van der Waals surface area (Å²) in [6.45, 7) is 4.44. The predicted molar refractivity (Wildman–Crippen MR) is 79.3 cm³/mol. The van der Waals surface area contributed by atoms with Gasteiger partial charge >= 0.3 is 0 Å². The highest BCUT2D eigenvalue weighted by Gasteiger charge is 2.23. The molecule has 19 heavy (non-hydrogen) atoms. The molecule has 0 bridgehead atoms. The van der Waals surface area contributed by atoms with Crippen molar-refractivity contribution >= 4 is 34.9 Å². The van der Waals surface area contributed by atoms with E-state index >= 15 is 0 Å². The third kappa shape index (κ3) is 1.96. The van der Waals surface area contributed by atoms with Crippen molar-refractivity contribution in [3.05, 3.63) is 34.0 Å². The van der Waals surface area contributed by atoms with E-state index in [9.17, 15) is 0 Å². The SMILES string of the molecule is Cl.Clc1cc2c3c(c1)c1c(n3CCOC2)CCNC1. The number of halogens is 2. The minimum absolute atomic E-state index is 0. The summed E-state index contributed by atoms with van der Waals surface area (Å²) < 4.78 is 8.13. The predicted octanol–water partition coefficient (Wildman–Crippen LogP) is 2.89. The number of aromatic nitrogens is 1. The van der Waals surface area contributed by atoms with Crippen LogP contribution >= 0.6 is 24.0 Å². The van der Waals surface area contributed by atoms with E-state index in [1.807, 2.05) is 6.07 Å². The average molecular weight is 299 g/mol. The van der Waals surface area contributed by atoms with Gasteiger partial charge in [0.2, 0.25) is 0 Å². The number of benzene rings is 1. The maximum atomic E-state index is 6.25. The van der Waals surface area contributed by atoms with Crippen LogP contribution in [0, 0.1) is 0 Å². The molecule has 0 amide bonds. The quantitative estimate of drug-likeness (QED) is 0.809. The van der Waals surface area contributed by atoms with E-state index in [0.717, 1.165) is 37.7 Å². The van der Waals surface area contributed by atoms with Gasteiger partial charge in [-0.1, -0.05) is 11.6 Å². The molecule has 102 valence electrons. The first kappa shape index (κ1) is 13.3. The maximum Gasteiger partial charge on any atom is 0.0738 e. The Kier molecular flexibility index (Phi) is 3.48. The summed E-state index contributed by atoms with van der Waals surface area (Å²) in [5, 5.41) is 5.58. The molecule has 0 unspecified atom stereocenters. The normalized spacial score (nSPS) is 17.7. The summed E-state index contributed by atoms with van der Waals surface area (Å²) in [5.74, 6) is 0. The molecule has 1 aromatic heterocycles. The Morgan fingerprint density at radius 1 is 1.32 bits per heavy atom. The Labute approximate surface area is 123 Å². The van der Waals surface area contributed by atoms with Crippen LogP contribution in [0.5, 0.6) is 0 Å². The van der Waals surface area contributed by atoms with Crippen molar-refractivity contribution in [2.45, 2.75) is 26.1 Å². The zero-order valence-corrected chi connectivity index (χ0v) is 12.1. The third-order valence-corrected chi connectivity index (χ3v) is 4.20. The first-order chi connectivity index (χ1) is 8.84. The van der Waals surface area contributed by atoms with Gasteiger partial charge in [-0.2, -0.15) is 0 Å². The zero-order chi connectivity index (χ0) is 12.1. The lowest BCUT2D eigenvalue weighted by Gasteiger charge is -2.16. The highest BCUT2D eigenvalue weighted by atomic mass is 35.5. The monoisotopic (exact) mass is 298 g/mol. The van der Waals surface area contributed by atoms with E-state index in [0.29, 0.717) is 6.61 Å². The number of nitrogens with one attached hydrogen (secondary N) is 1. The number of nitrogens with zero attached hydrogens (tertiary/aromatic N) is 1. The van der Waals surface area contributed by atoms with E-state index in [-0.39, 0.29) is 12.4 Å². The first-order valence-corrected chi connectivity index (χ1v) is 6.83.